The zero-order chi connectivity index (χ0) is 13.1. The molecule has 2 heterocycles. The molecular formula is C12H12B2Cl2N2. The largest absolute Gasteiger partial charge is 0.300 e. The first-order valence-electron chi connectivity index (χ1n) is 5.71. The molecular weight excluding hydrogens is 265 g/mol. The Kier molecular flexibility index (Phi) is 4.31. The van der Waals surface area contributed by atoms with Crippen LogP contribution in [0, 0.1) is 13.8 Å². The van der Waals surface area contributed by atoms with Crippen LogP contribution in [-0.4, -0.2) is 22.0 Å². The van der Waals surface area contributed by atoms with Gasteiger partial charge >= 0.3 is 0 Å². The molecule has 0 aliphatic heterocycles. The first kappa shape index (κ1) is 13.4. The summed E-state index contributed by atoms with van der Waals surface area (Å²) in [4.78, 5) is 8.53. The van der Waals surface area contributed by atoms with Gasteiger partial charge in [-0.15, -0.1) is 0 Å². The molecule has 0 saturated heterocycles. The third-order valence-electron chi connectivity index (χ3n) is 2.70. The number of hydrogen-bond donors (Lipinski definition) is 0. The van der Waals surface area contributed by atoms with Crippen LogP contribution in [0.25, 0.3) is 0 Å². The van der Waals surface area contributed by atoms with E-state index >= 15 is 0 Å². The molecule has 0 aliphatic carbocycles. The van der Waals surface area contributed by atoms with Gasteiger partial charge in [-0.3, -0.25) is 9.97 Å². The maximum Gasteiger partial charge on any atom is 0.300 e. The summed E-state index contributed by atoms with van der Waals surface area (Å²) in [5.74, 6) is 0. The van der Waals surface area contributed by atoms with Gasteiger partial charge in [0.05, 0.1) is 0 Å². The summed E-state index contributed by atoms with van der Waals surface area (Å²) in [7, 11) is 0. The van der Waals surface area contributed by atoms with E-state index in [0.29, 0.717) is 0 Å². The molecule has 0 aromatic carbocycles. The molecule has 18 heavy (non-hydrogen) atoms. The number of pyridine rings is 2. The number of aryl methyl sites for hydroxylation is 2. The van der Waals surface area contributed by atoms with Crippen molar-refractivity contribution in [3.05, 3.63) is 47.8 Å². The van der Waals surface area contributed by atoms with Gasteiger partial charge < -0.3 is 0 Å². The summed E-state index contributed by atoms with van der Waals surface area (Å²) in [6.45, 7) is 4.01. The molecule has 0 saturated carbocycles. The zero-order valence-electron chi connectivity index (χ0n) is 10.3. The van der Waals surface area contributed by atoms with Crippen LogP contribution in [-0.2, 0) is 0 Å². The van der Waals surface area contributed by atoms with Crippen LogP contribution in [0.2, 0.25) is 0 Å². The molecule has 90 valence electrons. The number of aromatic nitrogens is 2. The van der Waals surface area contributed by atoms with E-state index in [0.717, 1.165) is 22.3 Å². The number of nitrogens with zero attached hydrogens (tertiary/aromatic N) is 2. The molecule has 0 unspecified atom stereocenters. The Morgan fingerprint density at radius 1 is 0.833 bits per heavy atom. The molecule has 0 aliphatic rings. The van der Waals surface area contributed by atoms with Crippen LogP contribution in [0.15, 0.2) is 36.7 Å². The van der Waals surface area contributed by atoms with Crippen molar-refractivity contribution in [1.29, 1.82) is 0 Å². The summed E-state index contributed by atoms with van der Waals surface area (Å²) >= 11 is 12.8. The lowest BCUT2D eigenvalue weighted by molar-refractivity contribution is 1.33. The zero-order valence-corrected chi connectivity index (χ0v) is 11.8. The fraction of sp³-hybridized carbons (Fsp3) is 0.167. The van der Waals surface area contributed by atoms with Crippen molar-refractivity contribution in [2.45, 2.75) is 13.8 Å². The highest BCUT2D eigenvalue weighted by Crippen LogP contribution is 2.04. The molecule has 2 nitrogen and oxygen atoms in total. The Labute approximate surface area is 118 Å². The smallest absolute Gasteiger partial charge is 0.270 e. The van der Waals surface area contributed by atoms with E-state index in [1.165, 1.54) is 0 Å². The predicted octanol–water partition coefficient (Wildman–Crippen LogP) is 1.75. The fourth-order valence-corrected chi connectivity index (χ4v) is 2.22. The molecule has 2 aromatic heterocycles. The van der Waals surface area contributed by atoms with E-state index in [-0.39, 0.29) is 12.0 Å². The lowest BCUT2D eigenvalue weighted by atomic mass is 9.33. The minimum atomic E-state index is -0.388. The van der Waals surface area contributed by atoms with Gasteiger partial charge in [0.2, 0.25) is 0 Å². The maximum atomic E-state index is 6.38. The fourth-order valence-electron chi connectivity index (χ4n) is 1.72. The minimum absolute atomic E-state index is 0.388. The lowest BCUT2D eigenvalue weighted by Gasteiger charge is -2.10. The number of rotatable bonds is 3. The Hall–Kier alpha value is -0.990. The van der Waals surface area contributed by atoms with Gasteiger partial charge in [-0.25, -0.2) is 0 Å². The number of hydrogen-bond acceptors (Lipinski definition) is 2. The maximum absolute atomic E-state index is 6.38. The van der Waals surface area contributed by atoms with E-state index in [4.69, 9.17) is 22.9 Å². The van der Waals surface area contributed by atoms with Gasteiger partial charge in [-0.2, -0.15) is 22.9 Å². The quantitative estimate of drug-likeness (QED) is 0.798. The van der Waals surface area contributed by atoms with E-state index in [1.807, 2.05) is 38.1 Å². The second kappa shape index (κ2) is 5.77. The monoisotopic (exact) mass is 276 g/mol. The second-order valence-electron chi connectivity index (χ2n) is 4.32. The van der Waals surface area contributed by atoms with E-state index in [9.17, 15) is 0 Å². The van der Waals surface area contributed by atoms with Gasteiger partial charge in [0.1, 0.15) is 0 Å². The number of halogens is 2. The van der Waals surface area contributed by atoms with Crippen molar-refractivity contribution in [3.63, 3.8) is 0 Å². The molecule has 0 spiro atoms. The standard InChI is InChI=1S/C12H12B2Cl2N2/c1-9-3-5-17-11(7-9)13(15)14(16)12-8-10(2)4-6-18-12/h3-8H,1-2H3. The molecule has 2 rings (SSSR count). The Morgan fingerprint density at radius 3 is 1.56 bits per heavy atom. The molecule has 6 heteroatoms. The van der Waals surface area contributed by atoms with Crippen molar-refractivity contribution < 1.29 is 0 Å². The van der Waals surface area contributed by atoms with Crippen LogP contribution < -0.4 is 11.2 Å². The highest BCUT2D eigenvalue weighted by Gasteiger charge is 2.32. The highest BCUT2D eigenvalue weighted by molar-refractivity contribution is 7.63. The molecule has 0 amide bonds. The topological polar surface area (TPSA) is 25.8 Å². The predicted molar refractivity (Wildman–Crippen MR) is 80.4 cm³/mol. The van der Waals surface area contributed by atoms with Crippen LogP contribution in [0.5, 0.6) is 0 Å². The van der Waals surface area contributed by atoms with Crippen molar-refractivity contribution in [2.24, 2.45) is 0 Å². The molecule has 0 radical (unpaired) electrons. The first-order chi connectivity index (χ1) is 8.58. The summed E-state index contributed by atoms with van der Waals surface area (Å²) < 4.78 is 0. The van der Waals surface area contributed by atoms with Crippen LogP contribution >= 0.6 is 22.9 Å². The molecule has 2 aromatic rings. The molecule has 0 atom stereocenters. The highest BCUT2D eigenvalue weighted by atomic mass is 35.5. The van der Waals surface area contributed by atoms with Crippen molar-refractivity contribution in [2.75, 3.05) is 0 Å². The third kappa shape index (κ3) is 3.06. The average molecular weight is 277 g/mol. The summed E-state index contributed by atoms with van der Waals surface area (Å²) in [6, 6.07) is 6.98. The SMILES string of the molecule is Cc1ccnc(B(Cl)B(Cl)c2cc(C)ccn2)c1. The van der Waals surface area contributed by atoms with Gasteiger partial charge in [0, 0.05) is 23.6 Å². The van der Waals surface area contributed by atoms with Crippen molar-refractivity contribution >= 4 is 46.1 Å². The Morgan fingerprint density at radius 2 is 1.22 bits per heavy atom. The summed E-state index contributed by atoms with van der Waals surface area (Å²) in [5, 5.41) is 0. The molecule has 0 fully saturated rings. The van der Waals surface area contributed by atoms with Crippen LogP contribution in [0.1, 0.15) is 11.1 Å². The Bertz CT molecular complexity index is 502. The lowest BCUT2D eigenvalue weighted by Crippen LogP contribution is -2.48. The van der Waals surface area contributed by atoms with E-state index in [1.54, 1.807) is 12.4 Å². The minimum Gasteiger partial charge on any atom is -0.270 e. The van der Waals surface area contributed by atoms with Crippen molar-refractivity contribution in [3.8, 4) is 0 Å². The van der Waals surface area contributed by atoms with Crippen LogP contribution in [0.3, 0.4) is 0 Å². The Balaban J connectivity index is 2.26. The van der Waals surface area contributed by atoms with Gasteiger partial charge in [0.15, 0.2) is 0 Å². The van der Waals surface area contributed by atoms with E-state index in [2.05, 4.69) is 9.97 Å². The van der Waals surface area contributed by atoms with Crippen LogP contribution in [0.4, 0.5) is 0 Å². The second-order valence-corrected chi connectivity index (χ2v) is 5.26. The van der Waals surface area contributed by atoms with Gasteiger partial charge in [-0.1, -0.05) is 0 Å². The average Bonchev–Trinajstić information content (AvgIpc) is 2.37. The molecule has 0 bridgehead atoms. The molecule has 0 N–H and O–H groups in total. The summed E-state index contributed by atoms with van der Waals surface area (Å²) in [6.07, 6.45) is 3.49. The van der Waals surface area contributed by atoms with Gasteiger partial charge in [-0.05, 0) is 49.2 Å². The third-order valence-corrected chi connectivity index (χ3v) is 3.78. The van der Waals surface area contributed by atoms with E-state index < -0.39 is 0 Å². The first-order valence-corrected chi connectivity index (χ1v) is 6.58. The van der Waals surface area contributed by atoms with Gasteiger partial charge in [0.25, 0.3) is 12.0 Å². The normalized spacial score (nSPS) is 10.2. The summed E-state index contributed by atoms with van der Waals surface area (Å²) in [5.41, 5.74) is 3.79. The van der Waals surface area contributed by atoms with Crippen molar-refractivity contribution in [1.82, 2.24) is 9.97 Å².